The molecule has 2 heterocycles. The van der Waals surface area contributed by atoms with E-state index >= 15 is 0 Å². The van der Waals surface area contributed by atoms with Crippen LogP contribution in [0.2, 0.25) is 0 Å². The first-order chi connectivity index (χ1) is 14.2. The molecule has 0 aliphatic carbocycles. The number of anilines is 1. The quantitative estimate of drug-likeness (QED) is 0.372. The molecule has 0 aliphatic heterocycles. The van der Waals surface area contributed by atoms with Crippen LogP contribution in [0.15, 0.2) is 63.7 Å². The van der Waals surface area contributed by atoms with E-state index in [4.69, 9.17) is 4.42 Å². The Labute approximate surface area is 175 Å². The summed E-state index contributed by atoms with van der Waals surface area (Å²) in [7, 11) is 0. The summed E-state index contributed by atoms with van der Waals surface area (Å²) in [6.07, 6.45) is -3.06. The normalized spacial score (nSPS) is 11.8. The molecular weight excluding hydrogens is 470 g/mol. The first-order valence-electron chi connectivity index (χ1n) is 8.58. The number of aromatic nitrogens is 2. The van der Waals surface area contributed by atoms with Gasteiger partial charge in [0, 0.05) is 4.47 Å². The van der Waals surface area contributed by atoms with Gasteiger partial charge in [0.15, 0.2) is 0 Å². The second-order valence-electron chi connectivity index (χ2n) is 6.38. The summed E-state index contributed by atoms with van der Waals surface area (Å²) in [4.78, 5) is 16.9. The molecule has 1 amide bonds. The number of hydrogen-bond acceptors (Lipinski definition) is 3. The molecule has 30 heavy (non-hydrogen) atoms. The minimum Gasteiger partial charge on any atom is -0.467 e. The van der Waals surface area contributed by atoms with Crippen molar-refractivity contribution in [1.82, 2.24) is 9.55 Å². The number of rotatable bonds is 4. The molecule has 4 rings (SSSR count). The van der Waals surface area contributed by atoms with Gasteiger partial charge in [-0.05, 0) is 64.5 Å². The third kappa shape index (κ3) is 3.95. The maximum absolute atomic E-state index is 13.3. The lowest BCUT2D eigenvalue weighted by molar-refractivity contribution is -0.137. The second kappa shape index (κ2) is 7.60. The van der Waals surface area contributed by atoms with E-state index < -0.39 is 23.5 Å². The summed E-state index contributed by atoms with van der Waals surface area (Å²) < 4.78 is 59.6. The van der Waals surface area contributed by atoms with E-state index in [1.165, 1.54) is 23.0 Å². The fraction of sp³-hybridized carbons (Fsp3) is 0.100. The van der Waals surface area contributed by atoms with Gasteiger partial charge in [0.25, 0.3) is 5.91 Å². The number of fused-ring (bicyclic) bond motifs is 1. The molecule has 2 aromatic carbocycles. The van der Waals surface area contributed by atoms with Crippen molar-refractivity contribution in [3.8, 4) is 0 Å². The smallest absolute Gasteiger partial charge is 0.416 e. The number of nitrogens with one attached hydrogen (secondary N) is 1. The molecule has 0 unspecified atom stereocenters. The average Bonchev–Trinajstić information content (AvgIpc) is 3.29. The van der Waals surface area contributed by atoms with Crippen molar-refractivity contribution in [2.24, 2.45) is 0 Å². The van der Waals surface area contributed by atoms with E-state index in [9.17, 15) is 22.4 Å². The lowest BCUT2D eigenvalue weighted by atomic mass is 10.2. The Bertz CT molecular complexity index is 1230. The van der Waals surface area contributed by atoms with Crippen molar-refractivity contribution in [2.45, 2.75) is 12.7 Å². The van der Waals surface area contributed by atoms with E-state index in [0.717, 1.165) is 24.3 Å². The minimum absolute atomic E-state index is 0.0296. The number of halogens is 5. The van der Waals surface area contributed by atoms with Gasteiger partial charge in [-0.3, -0.25) is 10.1 Å². The first-order valence-corrected chi connectivity index (χ1v) is 9.38. The molecular formula is C20H12BrF4N3O2. The van der Waals surface area contributed by atoms with Crippen LogP contribution in [-0.4, -0.2) is 15.5 Å². The molecule has 0 radical (unpaired) electrons. The molecule has 4 aromatic rings. The highest BCUT2D eigenvalue weighted by atomic mass is 79.9. The summed E-state index contributed by atoms with van der Waals surface area (Å²) in [5, 5.41) is 2.58. The van der Waals surface area contributed by atoms with Gasteiger partial charge in [0.2, 0.25) is 5.95 Å². The molecule has 0 saturated carbocycles. The molecule has 1 N–H and O–H groups in total. The Morgan fingerprint density at radius 1 is 1.17 bits per heavy atom. The lowest BCUT2D eigenvalue weighted by Crippen LogP contribution is -2.17. The van der Waals surface area contributed by atoms with E-state index in [1.54, 1.807) is 12.1 Å². The van der Waals surface area contributed by atoms with Crippen LogP contribution in [0.4, 0.5) is 23.5 Å². The summed E-state index contributed by atoms with van der Waals surface area (Å²) in [5.74, 6) is -0.577. The van der Waals surface area contributed by atoms with E-state index in [-0.39, 0.29) is 28.0 Å². The lowest BCUT2D eigenvalue weighted by Gasteiger charge is -2.10. The van der Waals surface area contributed by atoms with Crippen LogP contribution in [0.25, 0.3) is 11.0 Å². The van der Waals surface area contributed by atoms with Gasteiger partial charge >= 0.3 is 6.18 Å². The third-order valence-electron chi connectivity index (χ3n) is 4.37. The number of benzene rings is 2. The highest BCUT2D eigenvalue weighted by Crippen LogP contribution is 2.32. The number of furan rings is 1. The largest absolute Gasteiger partial charge is 0.467 e. The molecule has 2 aromatic heterocycles. The molecule has 0 spiro atoms. The number of nitrogens with zero attached hydrogens (tertiary/aromatic N) is 2. The highest BCUT2D eigenvalue weighted by molar-refractivity contribution is 9.10. The number of imidazole rings is 1. The SMILES string of the molecule is O=C(Nc1nc2cc(C(F)(F)F)ccc2n1Cc1ccco1)c1ccc(F)cc1Br. The second-order valence-corrected chi connectivity index (χ2v) is 7.23. The number of carbonyl (C=O) groups excluding carboxylic acids is 1. The van der Waals surface area contributed by atoms with Crippen molar-refractivity contribution >= 4 is 38.8 Å². The van der Waals surface area contributed by atoms with Gasteiger partial charge in [-0.25, -0.2) is 9.37 Å². The molecule has 10 heteroatoms. The van der Waals surface area contributed by atoms with E-state index in [0.29, 0.717) is 11.3 Å². The summed E-state index contributed by atoms with van der Waals surface area (Å²) >= 11 is 3.13. The maximum Gasteiger partial charge on any atom is 0.416 e. The van der Waals surface area contributed by atoms with Gasteiger partial charge in [-0.15, -0.1) is 0 Å². The maximum atomic E-state index is 13.3. The number of carbonyl (C=O) groups is 1. The van der Waals surface area contributed by atoms with Gasteiger partial charge in [-0.2, -0.15) is 13.2 Å². The van der Waals surface area contributed by atoms with Gasteiger partial charge in [0.1, 0.15) is 11.6 Å². The van der Waals surface area contributed by atoms with Crippen LogP contribution in [0.1, 0.15) is 21.7 Å². The van der Waals surface area contributed by atoms with Crippen molar-refractivity contribution in [3.05, 3.63) is 82.0 Å². The minimum atomic E-state index is -4.53. The molecule has 0 aliphatic rings. The van der Waals surface area contributed by atoms with E-state index in [1.807, 2.05) is 0 Å². The molecule has 0 saturated heterocycles. The topological polar surface area (TPSA) is 60.1 Å². The fourth-order valence-electron chi connectivity index (χ4n) is 2.96. The highest BCUT2D eigenvalue weighted by Gasteiger charge is 2.31. The standard InChI is InChI=1S/C20H12BrF4N3O2/c21-15-9-12(22)4-5-14(15)18(29)27-19-26-16-8-11(20(23,24)25)3-6-17(16)28(19)10-13-2-1-7-30-13/h1-9H,10H2,(H,26,27,29). The Kier molecular flexibility index (Phi) is 5.10. The summed E-state index contributed by atoms with van der Waals surface area (Å²) in [6, 6.07) is 10.1. The Morgan fingerprint density at radius 3 is 2.63 bits per heavy atom. The summed E-state index contributed by atoms with van der Waals surface area (Å²) in [5.41, 5.74) is -0.265. The van der Waals surface area contributed by atoms with Crippen molar-refractivity contribution in [2.75, 3.05) is 5.32 Å². The van der Waals surface area contributed by atoms with Crippen LogP contribution < -0.4 is 5.32 Å². The van der Waals surface area contributed by atoms with Crippen LogP contribution in [-0.2, 0) is 12.7 Å². The van der Waals surface area contributed by atoms with Gasteiger partial charge < -0.3 is 8.98 Å². The van der Waals surface area contributed by atoms with Gasteiger partial charge in [0.05, 0.1) is 35.0 Å². The number of alkyl halides is 3. The molecule has 5 nitrogen and oxygen atoms in total. The monoisotopic (exact) mass is 481 g/mol. The molecule has 0 fully saturated rings. The molecule has 0 atom stereocenters. The van der Waals surface area contributed by atoms with E-state index in [2.05, 4.69) is 26.2 Å². The van der Waals surface area contributed by atoms with Crippen LogP contribution in [0.5, 0.6) is 0 Å². The zero-order chi connectivity index (χ0) is 21.5. The van der Waals surface area contributed by atoms with Crippen molar-refractivity contribution < 1.29 is 26.8 Å². The fourth-order valence-corrected chi connectivity index (χ4v) is 3.49. The number of amides is 1. The van der Waals surface area contributed by atoms with Crippen molar-refractivity contribution in [3.63, 3.8) is 0 Å². The zero-order valence-corrected chi connectivity index (χ0v) is 16.6. The zero-order valence-electron chi connectivity index (χ0n) is 15.0. The van der Waals surface area contributed by atoms with Crippen molar-refractivity contribution in [1.29, 1.82) is 0 Å². The Hall–Kier alpha value is -3.14. The Balaban J connectivity index is 1.77. The summed E-state index contributed by atoms with van der Waals surface area (Å²) in [6.45, 7) is 0.134. The first kappa shape index (κ1) is 20.1. The predicted octanol–water partition coefficient (Wildman–Crippen LogP) is 5.85. The van der Waals surface area contributed by atoms with Crippen LogP contribution in [0.3, 0.4) is 0 Å². The third-order valence-corrected chi connectivity index (χ3v) is 5.03. The average molecular weight is 482 g/mol. The molecule has 154 valence electrons. The molecule has 0 bridgehead atoms. The predicted molar refractivity (Wildman–Crippen MR) is 105 cm³/mol. The Morgan fingerprint density at radius 2 is 1.97 bits per heavy atom. The van der Waals surface area contributed by atoms with Crippen LogP contribution in [0, 0.1) is 5.82 Å². The van der Waals surface area contributed by atoms with Gasteiger partial charge in [-0.1, -0.05) is 0 Å². The number of hydrogen-bond donors (Lipinski definition) is 1. The van der Waals surface area contributed by atoms with Crippen LogP contribution >= 0.6 is 15.9 Å².